The molecule has 0 bridgehead atoms. The molecule has 0 unspecified atom stereocenters. The van der Waals surface area contributed by atoms with Gasteiger partial charge in [0.15, 0.2) is 0 Å². The van der Waals surface area contributed by atoms with Crippen molar-refractivity contribution >= 4 is 17.2 Å². The summed E-state index contributed by atoms with van der Waals surface area (Å²) in [4.78, 5) is 13.9. The number of carbonyl (C=O) groups excluding carboxylic acids is 1. The van der Waals surface area contributed by atoms with Crippen molar-refractivity contribution in [3.05, 3.63) is 89.3 Å². The van der Waals surface area contributed by atoms with Crippen LogP contribution in [0.3, 0.4) is 0 Å². The summed E-state index contributed by atoms with van der Waals surface area (Å²) in [5.74, 6) is 0.555. The lowest BCUT2D eigenvalue weighted by atomic mass is 10.2. The van der Waals surface area contributed by atoms with E-state index in [4.69, 9.17) is 4.42 Å². The second-order valence-corrected chi connectivity index (χ2v) is 7.21. The molecule has 0 radical (unpaired) electrons. The maximum absolute atomic E-state index is 12.9. The van der Waals surface area contributed by atoms with E-state index < -0.39 is 0 Å². The summed E-state index contributed by atoms with van der Waals surface area (Å²) in [6.07, 6.45) is 3.42. The molecule has 1 N–H and O–H groups in total. The first-order chi connectivity index (χ1) is 13.2. The molecular formula is C21H19N3O2S. The highest BCUT2D eigenvalue weighted by atomic mass is 32.1. The van der Waals surface area contributed by atoms with Crippen LogP contribution in [0.25, 0.3) is 10.6 Å². The molecule has 3 heterocycles. The zero-order valence-corrected chi connectivity index (χ0v) is 15.6. The fourth-order valence-corrected chi connectivity index (χ4v) is 3.64. The van der Waals surface area contributed by atoms with Crippen LogP contribution in [0.1, 0.15) is 34.6 Å². The molecule has 0 aliphatic heterocycles. The van der Waals surface area contributed by atoms with Crippen molar-refractivity contribution in [2.45, 2.75) is 19.5 Å². The highest BCUT2D eigenvalue weighted by Crippen LogP contribution is 2.27. The van der Waals surface area contributed by atoms with Crippen molar-refractivity contribution in [2.24, 2.45) is 0 Å². The minimum absolute atomic E-state index is 0.165. The second-order valence-electron chi connectivity index (χ2n) is 6.26. The van der Waals surface area contributed by atoms with Gasteiger partial charge in [-0.25, -0.2) is 0 Å². The highest BCUT2D eigenvalue weighted by Gasteiger charge is 2.21. The minimum Gasteiger partial charge on any atom is -0.467 e. The van der Waals surface area contributed by atoms with Crippen LogP contribution in [-0.2, 0) is 6.54 Å². The number of thiophene rings is 1. The van der Waals surface area contributed by atoms with Gasteiger partial charge < -0.3 is 9.73 Å². The Labute approximate surface area is 161 Å². The Balaban J connectivity index is 1.62. The lowest BCUT2D eigenvalue weighted by Crippen LogP contribution is -2.26. The third-order valence-corrected chi connectivity index (χ3v) is 5.14. The van der Waals surface area contributed by atoms with E-state index in [0.717, 1.165) is 16.2 Å². The van der Waals surface area contributed by atoms with Gasteiger partial charge in [-0.2, -0.15) is 5.10 Å². The number of aromatic nitrogens is 2. The standard InChI is InChI=1S/C21H19N3O2S/c1-15(18-9-5-11-26-18)22-21(25)17-14-24(13-16-7-3-2-4-8-16)23-20(17)19-10-6-12-27-19/h2-12,14-15H,13H2,1H3,(H,22,25)/t15-/m1/s1. The third kappa shape index (κ3) is 3.85. The Morgan fingerprint density at radius 3 is 2.74 bits per heavy atom. The fourth-order valence-electron chi connectivity index (χ4n) is 2.92. The van der Waals surface area contributed by atoms with Crippen LogP contribution in [-0.4, -0.2) is 15.7 Å². The molecule has 0 spiro atoms. The van der Waals surface area contributed by atoms with Crippen molar-refractivity contribution in [1.82, 2.24) is 15.1 Å². The highest BCUT2D eigenvalue weighted by molar-refractivity contribution is 7.13. The molecule has 0 saturated carbocycles. The zero-order valence-electron chi connectivity index (χ0n) is 14.8. The van der Waals surface area contributed by atoms with Gasteiger partial charge >= 0.3 is 0 Å². The SMILES string of the molecule is C[C@@H](NC(=O)c1cn(Cc2ccccc2)nc1-c1cccs1)c1ccco1. The van der Waals surface area contributed by atoms with Crippen molar-refractivity contribution < 1.29 is 9.21 Å². The summed E-state index contributed by atoms with van der Waals surface area (Å²) < 4.78 is 7.20. The van der Waals surface area contributed by atoms with Gasteiger partial charge in [0.2, 0.25) is 0 Å². The van der Waals surface area contributed by atoms with Crippen LogP contribution in [0.4, 0.5) is 0 Å². The zero-order chi connectivity index (χ0) is 18.6. The first-order valence-corrected chi connectivity index (χ1v) is 9.58. The van der Waals surface area contributed by atoms with E-state index in [2.05, 4.69) is 10.4 Å². The lowest BCUT2D eigenvalue weighted by Gasteiger charge is -2.11. The van der Waals surface area contributed by atoms with E-state index in [-0.39, 0.29) is 11.9 Å². The number of nitrogens with zero attached hydrogens (tertiary/aromatic N) is 2. The molecule has 1 aromatic carbocycles. The van der Waals surface area contributed by atoms with Gasteiger partial charge in [0.1, 0.15) is 11.5 Å². The number of furan rings is 1. The van der Waals surface area contributed by atoms with Crippen molar-refractivity contribution in [1.29, 1.82) is 0 Å². The molecule has 6 heteroatoms. The number of amides is 1. The van der Waals surface area contributed by atoms with Gasteiger partial charge in [0.25, 0.3) is 5.91 Å². The second kappa shape index (κ2) is 7.63. The summed E-state index contributed by atoms with van der Waals surface area (Å²) in [5, 5.41) is 9.66. The van der Waals surface area contributed by atoms with Crippen LogP contribution in [0, 0.1) is 0 Å². The smallest absolute Gasteiger partial charge is 0.255 e. The van der Waals surface area contributed by atoms with Gasteiger partial charge in [-0.05, 0) is 36.1 Å². The monoisotopic (exact) mass is 377 g/mol. The first-order valence-electron chi connectivity index (χ1n) is 8.70. The molecule has 5 nitrogen and oxygen atoms in total. The van der Waals surface area contributed by atoms with Crippen LogP contribution >= 0.6 is 11.3 Å². The fraction of sp³-hybridized carbons (Fsp3) is 0.143. The normalized spacial score (nSPS) is 12.0. The number of hydrogen-bond acceptors (Lipinski definition) is 4. The Morgan fingerprint density at radius 2 is 2.04 bits per heavy atom. The van der Waals surface area contributed by atoms with Gasteiger partial charge in [-0.15, -0.1) is 11.3 Å². The van der Waals surface area contributed by atoms with Crippen molar-refractivity contribution in [3.63, 3.8) is 0 Å². The molecule has 1 amide bonds. The van der Waals surface area contributed by atoms with Crippen LogP contribution in [0.15, 0.2) is 76.9 Å². The van der Waals surface area contributed by atoms with E-state index in [1.165, 1.54) is 0 Å². The summed E-state index contributed by atoms with van der Waals surface area (Å²) in [6, 6.07) is 17.5. The molecule has 27 heavy (non-hydrogen) atoms. The maximum atomic E-state index is 12.9. The average Bonchev–Trinajstić information content (AvgIpc) is 3.43. The molecule has 136 valence electrons. The van der Waals surface area contributed by atoms with Crippen LogP contribution < -0.4 is 5.32 Å². The van der Waals surface area contributed by atoms with Crippen LogP contribution in [0.5, 0.6) is 0 Å². The Kier molecular flexibility index (Phi) is 4.89. The predicted molar refractivity (Wildman–Crippen MR) is 106 cm³/mol. The number of rotatable bonds is 6. The quantitative estimate of drug-likeness (QED) is 0.528. The Hall–Kier alpha value is -3.12. The Morgan fingerprint density at radius 1 is 1.19 bits per heavy atom. The van der Waals surface area contributed by atoms with E-state index >= 15 is 0 Å². The molecule has 0 saturated heterocycles. The van der Waals surface area contributed by atoms with E-state index in [0.29, 0.717) is 17.8 Å². The lowest BCUT2D eigenvalue weighted by molar-refractivity contribution is 0.0936. The molecule has 1 atom stereocenters. The largest absolute Gasteiger partial charge is 0.467 e. The first kappa shape index (κ1) is 17.3. The molecule has 0 aliphatic rings. The number of carbonyl (C=O) groups is 1. The molecule has 0 aliphatic carbocycles. The number of hydrogen-bond donors (Lipinski definition) is 1. The van der Waals surface area contributed by atoms with Gasteiger partial charge in [-0.1, -0.05) is 36.4 Å². The van der Waals surface area contributed by atoms with Crippen molar-refractivity contribution in [2.75, 3.05) is 0 Å². The van der Waals surface area contributed by atoms with Gasteiger partial charge in [-0.3, -0.25) is 9.48 Å². The topological polar surface area (TPSA) is 60.1 Å². The summed E-state index contributed by atoms with van der Waals surface area (Å²) in [6.45, 7) is 2.51. The number of benzene rings is 1. The van der Waals surface area contributed by atoms with Gasteiger partial charge in [0.05, 0.1) is 29.3 Å². The molecule has 3 aromatic heterocycles. The predicted octanol–water partition coefficient (Wildman–Crippen LogP) is 4.74. The molecule has 4 aromatic rings. The van der Waals surface area contributed by atoms with Crippen LogP contribution in [0.2, 0.25) is 0 Å². The molecular weight excluding hydrogens is 358 g/mol. The summed E-state index contributed by atoms with van der Waals surface area (Å²) in [5.41, 5.74) is 2.39. The number of nitrogens with one attached hydrogen (secondary N) is 1. The summed E-state index contributed by atoms with van der Waals surface area (Å²) >= 11 is 1.57. The average molecular weight is 377 g/mol. The molecule has 4 rings (SSSR count). The third-order valence-electron chi connectivity index (χ3n) is 4.27. The Bertz CT molecular complexity index is 1010. The van der Waals surface area contributed by atoms with Gasteiger partial charge in [0, 0.05) is 6.20 Å². The van der Waals surface area contributed by atoms with E-state index in [1.54, 1.807) is 17.6 Å². The van der Waals surface area contributed by atoms with Crippen molar-refractivity contribution in [3.8, 4) is 10.6 Å². The molecule has 0 fully saturated rings. The minimum atomic E-state index is -0.221. The maximum Gasteiger partial charge on any atom is 0.255 e. The summed E-state index contributed by atoms with van der Waals surface area (Å²) in [7, 11) is 0. The van der Waals surface area contributed by atoms with E-state index in [1.807, 2.05) is 77.8 Å². The van der Waals surface area contributed by atoms with E-state index in [9.17, 15) is 4.79 Å².